The highest BCUT2D eigenvalue weighted by atomic mass is 35.5. The number of hydrogen-bond acceptors (Lipinski definition) is 6. The molecule has 10 heteroatoms. The highest BCUT2D eigenvalue weighted by Gasteiger charge is 2.17. The Hall–Kier alpha value is -3.87. The van der Waals surface area contributed by atoms with Crippen molar-refractivity contribution in [3.05, 3.63) is 77.3 Å². The monoisotopic (exact) mass is 510 g/mol. The van der Waals surface area contributed by atoms with E-state index in [1.54, 1.807) is 54.6 Å². The van der Waals surface area contributed by atoms with Crippen molar-refractivity contribution in [1.82, 2.24) is 0 Å². The molecule has 0 atom stereocenters. The molecule has 0 heterocycles. The Morgan fingerprint density at radius 1 is 1.06 bits per heavy atom. The first-order chi connectivity index (χ1) is 16.9. The van der Waals surface area contributed by atoms with Crippen LogP contribution < -0.4 is 24.4 Å². The lowest BCUT2D eigenvalue weighted by molar-refractivity contribution is 0.102. The first kappa shape index (κ1) is 25.7. The number of halogens is 1. The Morgan fingerprint density at radius 3 is 2.43 bits per heavy atom. The van der Waals surface area contributed by atoms with Crippen LogP contribution in [-0.2, 0) is 0 Å². The van der Waals surface area contributed by atoms with Crippen LogP contribution in [0.5, 0.6) is 11.5 Å². The molecular weight excluding hydrogens is 488 g/mol. The molecule has 3 rings (SSSR count). The van der Waals surface area contributed by atoms with Crippen LogP contribution in [-0.4, -0.2) is 25.7 Å². The zero-order valence-electron chi connectivity index (χ0n) is 18.8. The van der Waals surface area contributed by atoms with E-state index in [0.717, 1.165) is 4.31 Å². The third kappa shape index (κ3) is 7.06. The lowest BCUT2D eigenvalue weighted by Crippen LogP contribution is -2.27. The molecule has 180 valence electrons. The fraction of sp³-hybridized carbons (Fsp3) is 0.160. The van der Waals surface area contributed by atoms with E-state index < -0.39 is 6.03 Å². The second kappa shape index (κ2) is 12.6. The summed E-state index contributed by atoms with van der Waals surface area (Å²) >= 11 is 10.6. The zero-order valence-corrected chi connectivity index (χ0v) is 20.5. The third-order valence-electron chi connectivity index (χ3n) is 4.78. The van der Waals surface area contributed by atoms with Gasteiger partial charge in [0.1, 0.15) is 11.5 Å². The van der Waals surface area contributed by atoms with Crippen molar-refractivity contribution < 1.29 is 19.1 Å². The van der Waals surface area contributed by atoms with Crippen LogP contribution in [0.15, 0.2) is 66.7 Å². The van der Waals surface area contributed by atoms with Gasteiger partial charge in [-0.15, -0.1) is 0 Å². The van der Waals surface area contributed by atoms with Gasteiger partial charge in [0.2, 0.25) is 0 Å². The minimum absolute atomic E-state index is 0.236. The van der Waals surface area contributed by atoms with Crippen LogP contribution in [0.2, 0.25) is 5.02 Å². The molecule has 0 unspecified atom stereocenters. The van der Waals surface area contributed by atoms with Gasteiger partial charge in [-0.25, -0.2) is 9.10 Å². The van der Waals surface area contributed by atoms with E-state index in [2.05, 4.69) is 23.4 Å². The summed E-state index contributed by atoms with van der Waals surface area (Å²) < 4.78 is 12.1. The van der Waals surface area contributed by atoms with Crippen LogP contribution in [0, 0.1) is 11.3 Å². The summed E-state index contributed by atoms with van der Waals surface area (Å²) in [4.78, 5) is 25.1. The summed E-state index contributed by atoms with van der Waals surface area (Å²) in [6, 6.07) is 20.1. The molecule has 3 aromatic rings. The van der Waals surface area contributed by atoms with E-state index in [0.29, 0.717) is 53.6 Å². The molecule has 0 aromatic heterocycles. The quantitative estimate of drug-likeness (QED) is 0.236. The van der Waals surface area contributed by atoms with Crippen molar-refractivity contribution in [1.29, 1.82) is 5.26 Å². The number of carbonyl (C=O) groups excluding carboxylic acids is 2. The Bertz CT molecular complexity index is 1220. The molecule has 0 aliphatic rings. The van der Waals surface area contributed by atoms with Gasteiger partial charge in [-0.2, -0.15) is 5.26 Å². The molecule has 3 amide bonds. The van der Waals surface area contributed by atoms with Crippen LogP contribution in [0.3, 0.4) is 0 Å². The SMILES string of the molecule is COc1cc(OCCCC#N)c(Cl)cc1NC(=O)N(S)c1ccc(NC(=O)c2ccccc2)cc1. The summed E-state index contributed by atoms with van der Waals surface area (Å²) in [5, 5.41) is 14.4. The third-order valence-corrected chi connectivity index (χ3v) is 5.49. The molecule has 0 spiro atoms. The van der Waals surface area contributed by atoms with Crippen molar-refractivity contribution in [3.8, 4) is 17.6 Å². The number of hydrogen-bond donors (Lipinski definition) is 3. The number of amides is 3. The Kier molecular flexibility index (Phi) is 9.23. The van der Waals surface area contributed by atoms with E-state index in [9.17, 15) is 9.59 Å². The van der Waals surface area contributed by atoms with Crippen molar-refractivity contribution in [2.24, 2.45) is 0 Å². The standard InChI is InChI=1S/C25H23ClN4O4S/c1-33-23-16-22(34-14-6-5-13-27)20(26)15-21(23)29-25(32)30(35)19-11-9-18(10-12-19)28-24(31)17-7-3-2-4-8-17/h2-4,7-12,15-16,35H,5-6,14H2,1H3,(H,28,31)(H,29,32). The maximum Gasteiger partial charge on any atom is 0.336 e. The van der Waals surface area contributed by atoms with E-state index in [4.69, 9.17) is 26.3 Å². The summed E-state index contributed by atoms with van der Waals surface area (Å²) in [6.07, 6.45) is 0.942. The molecule has 2 N–H and O–H groups in total. The van der Waals surface area contributed by atoms with Crippen molar-refractivity contribution >= 4 is 53.4 Å². The zero-order chi connectivity index (χ0) is 25.2. The number of nitrogens with one attached hydrogen (secondary N) is 2. The van der Waals surface area contributed by atoms with Crippen LogP contribution in [0.1, 0.15) is 23.2 Å². The van der Waals surface area contributed by atoms with Gasteiger partial charge >= 0.3 is 6.03 Å². The largest absolute Gasteiger partial charge is 0.494 e. The van der Waals surface area contributed by atoms with E-state index in [-0.39, 0.29) is 10.9 Å². The van der Waals surface area contributed by atoms with Gasteiger partial charge in [0.05, 0.1) is 36.2 Å². The van der Waals surface area contributed by atoms with Crippen molar-refractivity contribution in [2.45, 2.75) is 12.8 Å². The lowest BCUT2D eigenvalue weighted by atomic mass is 10.2. The van der Waals surface area contributed by atoms with Crippen LogP contribution in [0.4, 0.5) is 21.9 Å². The Balaban J connectivity index is 1.64. The highest BCUT2D eigenvalue weighted by Crippen LogP contribution is 2.36. The summed E-state index contributed by atoms with van der Waals surface area (Å²) in [5.74, 6) is 0.495. The number of unbranched alkanes of at least 4 members (excludes halogenated alkanes) is 1. The summed E-state index contributed by atoms with van der Waals surface area (Å²) in [5.41, 5.74) is 1.92. The Labute approximate surface area is 213 Å². The molecule has 0 saturated heterocycles. The number of thiol groups is 1. The lowest BCUT2D eigenvalue weighted by Gasteiger charge is -2.19. The van der Waals surface area contributed by atoms with Gasteiger partial charge in [-0.05, 0) is 48.9 Å². The molecule has 0 radical (unpaired) electrons. The molecular formula is C25H23ClN4O4S. The number of benzene rings is 3. The van der Waals surface area contributed by atoms with Crippen molar-refractivity contribution in [2.75, 3.05) is 28.7 Å². The van der Waals surface area contributed by atoms with E-state index in [1.807, 2.05) is 12.1 Å². The number of urea groups is 1. The molecule has 0 fully saturated rings. The van der Waals surface area contributed by atoms with Crippen LogP contribution >= 0.6 is 24.4 Å². The molecule has 3 aromatic carbocycles. The number of anilines is 3. The van der Waals surface area contributed by atoms with Gasteiger partial charge in [0, 0.05) is 23.7 Å². The number of methoxy groups -OCH3 is 1. The molecule has 0 aliphatic heterocycles. The van der Waals surface area contributed by atoms with E-state index in [1.165, 1.54) is 13.2 Å². The summed E-state index contributed by atoms with van der Waals surface area (Å²) in [6.45, 7) is 0.328. The average Bonchev–Trinajstić information content (AvgIpc) is 2.88. The highest BCUT2D eigenvalue weighted by molar-refractivity contribution is 7.82. The van der Waals surface area contributed by atoms with Gasteiger partial charge in [-0.1, -0.05) is 42.6 Å². The topological polar surface area (TPSA) is 104 Å². The predicted molar refractivity (Wildman–Crippen MR) is 140 cm³/mol. The first-order valence-electron chi connectivity index (χ1n) is 10.6. The number of nitrogens with zero attached hydrogens (tertiary/aromatic N) is 2. The van der Waals surface area contributed by atoms with E-state index >= 15 is 0 Å². The maximum atomic E-state index is 12.8. The first-order valence-corrected chi connectivity index (χ1v) is 11.3. The van der Waals surface area contributed by atoms with Gasteiger partial charge in [0.25, 0.3) is 5.91 Å². The number of carbonyl (C=O) groups is 2. The van der Waals surface area contributed by atoms with Gasteiger partial charge in [0.15, 0.2) is 0 Å². The minimum Gasteiger partial charge on any atom is -0.494 e. The van der Waals surface area contributed by atoms with Gasteiger partial charge < -0.3 is 20.1 Å². The fourth-order valence-corrected chi connectivity index (χ4v) is 3.41. The average molecular weight is 511 g/mol. The normalized spacial score (nSPS) is 10.1. The Morgan fingerprint density at radius 2 is 1.77 bits per heavy atom. The van der Waals surface area contributed by atoms with Crippen LogP contribution in [0.25, 0.3) is 0 Å². The predicted octanol–water partition coefficient (Wildman–Crippen LogP) is 6.17. The van der Waals surface area contributed by atoms with Gasteiger partial charge in [-0.3, -0.25) is 4.79 Å². The second-order valence-corrected chi connectivity index (χ2v) is 8.01. The number of ether oxygens (including phenoxy) is 2. The molecule has 0 saturated carbocycles. The maximum absolute atomic E-state index is 12.8. The molecule has 0 bridgehead atoms. The smallest absolute Gasteiger partial charge is 0.336 e. The number of nitriles is 1. The minimum atomic E-state index is -0.550. The molecule has 35 heavy (non-hydrogen) atoms. The molecule has 0 aliphatic carbocycles. The number of rotatable bonds is 9. The van der Waals surface area contributed by atoms with Crippen molar-refractivity contribution in [3.63, 3.8) is 0 Å². The fourth-order valence-electron chi connectivity index (χ4n) is 3.01. The summed E-state index contributed by atoms with van der Waals surface area (Å²) in [7, 11) is 1.46. The molecule has 8 nitrogen and oxygen atoms in total. The second-order valence-electron chi connectivity index (χ2n) is 7.20.